The largest absolute Gasteiger partial charge is 0.377 e. The Morgan fingerprint density at radius 3 is 2.17 bits per heavy atom. The summed E-state index contributed by atoms with van der Waals surface area (Å²) in [5.41, 5.74) is 2.38. The Kier molecular flexibility index (Phi) is 7.91. The van der Waals surface area contributed by atoms with E-state index in [-0.39, 0.29) is 35.8 Å². The van der Waals surface area contributed by atoms with Crippen LogP contribution in [0.1, 0.15) is 28.8 Å². The number of hydrogen-bond donors (Lipinski definition) is 3. The maximum atomic E-state index is 12.6. The molecule has 182 valence electrons. The lowest BCUT2D eigenvalue weighted by atomic mass is 10.1. The van der Waals surface area contributed by atoms with Crippen molar-refractivity contribution in [3.05, 3.63) is 90.0 Å². The van der Waals surface area contributed by atoms with Crippen molar-refractivity contribution in [1.82, 2.24) is 4.72 Å². The van der Waals surface area contributed by atoms with Crippen molar-refractivity contribution in [1.29, 1.82) is 0 Å². The summed E-state index contributed by atoms with van der Waals surface area (Å²) in [6.07, 6.45) is 1.95. The third-order valence-corrected chi connectivity index (χ3v) is 7.03. The van der Waals surface area contributed by atoms with Crippen LogP contribution >= 0.6 is 0 Å². The Morgan fingerprint density at radius 1 is 0.857 bits per heavy atom. The van der Waals surface area contributed by atoms with Crippen LogP contribution in [0.25, 0.3) is 0 Å². The summed E-state index contributed by atoms with van der Waals surface area (Å²) in [4.78, 5) is 24.9. The van der Waals surface area contributed by atoms with Gasteiger partial charge in [0.25, 0.3) is 5.91 Å². The summed E-state index contributed by atoms with van der Waals surface area (Å²) in [5.74, 6) is -0.493. The van der Waals surface area contributed by atoms with Gasteiger partial charge in [0.2, 0.25) is 15.9 Å². The highest BCUT2D eigenvalue weighted by Crippen LogP contribution is 2.17. The Hall–Kier alpha value is -3.53. The van der Waals surface area contributed by atoms with Gasteiger partial charge in [0, 0.05) is 30.1 Å². The standard InChI is InChI=1S/C26H27N3O5S/c30-25(17-19-5-2-1-3-6-19)28-21-10-8-20(9-11-21)26(31)29-22-12-14-24(15-13-22)35(32,33)27-18-23-7-4-16-34-23/h1-3,5-6,8-15,23,27H,4,7,16-18H2,(H,28,30)(H,29,31). The molecule has 0 radical (unpaired) electrons. The lowest BCUT2D eigenvalue weighted by Gasteiger charge is -2.12. The summed E-state index contributed by atoms with van der Waals surface area (Å²) in [7, 11) is -3.66. The van der Waals surface area contributed by atoms with Crippen LogP contribution in [0.5, 0.6) is 0 Å². The highest BCUT2D eigenvalue weighted by atomic mass is 32.2. The van der Waals surface area contributed by atoms with E-state index in [4.69, 9.17) is 4.74 Å². The zero-order valence-electron chi connectivity index (χ0n) is 19.1. The normalized spacial score (nSPS) is 15.5. The van der Waals surface area contributed by atoms with Crippen molar-refractivity contribution in [3.63, 3.8) is 0 Å². The third-order valence-electron chi connectivity index (χ3n) is 5.59. The van der Waals surface area contributed by atoms with E-state index in [2.05, 4.69) is 15.4 Å². The van der Waals surface area contributed by atoms with Crippen molar-refractivity contribution < 1.29 is 22.7 Å². The topological polar surface area (TPSA) is 114 Å². The van der Waals surface area contributed by atoms with E-state index in [1.165, 1.54) is 24.3 Å². The van der Waals surface area contributed by atoms with E-state index in [0.29, 0.717) is 23.5 Å². The van der Waals surface area contributed by atoms with Gasteiger partial charge in [-0.25, -0.2) is 13.1 Å². The average Bonchev–Trinajstić information content (AvgIpc) is 3.38. The van der Waals surface area contributed by atoms with E-state index < -0.39 is 10.0 Å². The molecule has 2 amide bonds. The molecule has 1 aliphatic heterocycles. The Balaban J connectivity index is 1.30. The summed E-state index contributed by atoms with van der Waals surface area (Å²) in [6, 6.07) is 21.9. The van der Waals surface area contributed by atoms with Crippen molar-refractivity contribution in [2.24, 2.45) is 0 Å². The first-order chi connectivity index (χ1) is 16.9. The van der Waals surface area contributed by atoms with Gasteiger partial charge in [-0.15, -0.1) is 0 Å². The molecule has 0 spiro atoms. The van der Waals surface area contributed by atoms with Crippen LogP contribution in [0, 0.1) is 0 Å². The van der Waals surface area contributed by atoms with Gasteiger partial charge in [-0.2, -0.15) is 0 Å². The molecule has 3 N–H and O–H groups in total. The fourth-order valence-corrected chi connectivity index (χ4v) is 4.77. The van der Waals surface area contributed by atoms with E-state index in [1.807, 2.05) is 30.3 Å². The van der Waals surface area contributed by atoms with Gasteiger partial charge in [-0.1, -0.05) is 30.3 Å². The molecule has 3 aromatic rings. The molecule has 0 bridgehead atoms. The number of sulfonamides is 1. The van der Waals surface area contributed by atoms with Gasteiger partial charge in [-0.05, 0) is 66.9 Å². The number of ether oxygens (including phenoxy) is 1. The number of rotatable bonds is 9. The molecular weight excluding hydrogens is 466 g/mol. The number of amides is 2. The van der Waals surface area contributed by atoms with Crippen LogP contribution in [-0.4, -0.2) is 39.5 Å². The van der Waals surface area contributed by atoms with E-state index in [1.54, 1.807) is 24.3 Å². The Morgan fingerprint density at radius 2 is 1.51 bits per heavy atom. The summed E-state index contributed by atoms with van der Waals surface area (Å²) in [5, 5.41) is 5.56. The Bertz CT molecular complexity index is 1250. The molecule has 1 unspecified atom stereocenters. The lowest BCUT2D eigenvalue weighted by Crippen LogP contribution is -2.31. The second kappa shape index (κ2) is 11.3. The van der Waals surface area contributed by atoms with Crippen LogP contribution in [0.2, 0.25) is 0 Å². The van der Waals surface area contributed by atoms with Crippen LogP contribution in [-0.2, 0) is 26.0 Å². The van der Waals surface area contributed by atoms with E-state index in [0.717, 1.165) is 18.4 Å². The van der Waals surface area contributed by atoms with Crippen LogP contribution < -0.4 is 15.4 Å². The molecule has 1 atom stereocenters. The van der Waals surface area contributed by atoms with Crippen molar-refractivity contribution in [2.45, 2.75) is 30.3 Å². The molecule has 9 heteroatoms. The fourth-order valence-electron chi connectivity index (χ4n) is 3.70. The second-order valence-electron chi connectivity index (χ2n) is 8.25. The first-order valence-corrected chi connectivity index (χ1v) is 12.8. The molecule has 0 aromatic heterocycles. The number of hydrogen-bond acceptors (Lipinski definition) is 5. The van der Waals surface area contributed by atoms with Gasteiger partial charge < -0.3 is 15.4 Å². The SMILES string of the molecule is O=C(Cc1ccccc1)Nc1ccc(C(=O)Nc2ccc(S(=O)(=O)NCC3CCCO3)cc2)cc1. The first-order valence-electron chi connectivity index (χ1n) is 11.4. The second-order valence-corrected chi connectivity index (χ2v) is 10.0. The minimum Gasteiger partial charge on any atom is -0.377 e. The van der Waals surface area contributed by atoms with E-state index in [9.17, 15) is 18.0 Å². The smallest absolute Gasteiger partial charge is 0.255 e. The van der Waals surface area contributed by atoms with Gasteiger partial charge in [-0.3, -0.25) is 9.59 Å². The number of benzene rings is 3. The maximum absolute atomic E-state index is 12.6. The quantitative estimate of drug-likeness (QED) is 0.422. The minimum atomic E-state index is -3.66. The molecule has 3 aromatic carbocycles. The van der Waals surface area contributed by atoms with E-state index >= 15 is 0 Å². The van der Waals surface area contributed by atoms with Gasteiger partial charge in [0.15, 0.2) is 0 Å². The van der Waals surface area contributed by atoms with Crippen molar-refractivity contribution >= 4 is 33.2 Å². The molecule has 4 rings (SSSR count). The summed E-state index contributed by atoms with van der Waals surface area (Å²) < 4.78 is 33.0. The summed E-state index contributed by atoms with van der Waals surface area (Å²) >= 11 is 0. The summed E-state index contributed by atoms with van der Waals surface area (Å²) in [6.45, 7) is 0.899. The van der Waals surface area contributed by atoms with Crippen LogP contribution in [0.3, 0.4) is 0 Å². The van der Waals surface area contributed by atoms with Gasteiger partial charge in [0.1, 0.15) is 0 Å². The number of carbonyl (C=O) groups is 2. The third kappa shape index (κ3) is 6.98. The van der Waals surface area contributed by atoms with Crippen LogP contribution in [0.4, 0.5) is 11.4 Å². The maximum Gasteiger partial charge on any atom is 0.255 e. The van der Waals surface area contributed by atoms with Gasteiger partial charge in [0.05, 0.1) is 17.4 Å². The number of carbonyl (C=O) groups excluding carboxylic acids is 2. The van der Waals surface area contributed by atoms with Gasteiger partial charge >= 0.3 is 0 Å². The Labute approximate surface area is 204 Å². The zero-order valence-corrected chi connectivity index (χ0v) is 19.9. The predicted octanol–water partition coefficient (Wildman–Crippen LogP) is 3.58. The molecular formula is C26H27N3O5S. The molecule has 8 nitrogen and oxygen atoms in total. The molecule has 1 fully saturated rings. The number of anilines is 2. The molecule has 1 saturated heterocycles. The lowest BCUT2D eigenvalue weighted by molar-refractivity contribution is -0.115. The average molecular weight is 494 g/mol. The molecule has 0 aliphatic carbocycles. The fraction of sp³-hybridized carbons (Fsp3) is 0.231. The highest BCUT2D eigenvalue weighted by Gasteiger charge is 2.20. The first kappa shape index (κ1) is 24.6. The highest BCUT2D eigenvalue weighted by molar-refractivity contribution is 7.89. The van der Waals surface area contributed by atoms with Crippen LogP contribution in [0.15, 0.2) is 83.8 Å². The molecule has 0 saturated carbocycles. The van der Waals surface area contributed by atoms with Crippen molar-refractivity contribution in [2.75, 3.05) is 23.8 Å². The molecule has 1 aliphatic rings. The monoisotopic (exact) mass is 493 g/mol. The predicted molar refractivity (Wildman–Crippen MR) is 134 cm³/mol. The van der Waals surface area contributed by atoms with Crippen molar-refractivity contribution in [3.8, 4) is 0 Å². The molecule has 1 heterocycles. The molecule has 35 heavy (non-hydrogen) atoms. The minimum absolute atomic E-state index is 0.0908. The number of nitrogens with one attached hydrogen (secondary N) is 3. The zero-order chi connectivity index (χ0) is 24.7.